The lowest BCUT2D eigenvalue weighted by Crippen LogP contribution is -2.18. The first kappa shape index (κ1) is 21.8. The summed E-state index contributed by atoms with van der Waals surface area (Å²) in [4.78, 5) is 17.2. The molecule has 0 spiro atoms. The van der Waals surface area contributed by atoms with Crippen molar-refractivity contribution in [3.8, 4) is 28.7 Å². The Bertz CT molecular complexity index is 1100. The summed E-state index contributed by atoms with van der Waals surface area (Å²) in [6.07, 6.45) is 3.23. The highest BCUT2D eigenvalue weighted by Crippen LogP contribution is 2.38. The molecule has 0 fully saturated rings. The number of carbonyl (C=O) groups is 1. The van der Waals surface area contributed by atoms with Gasteiger partial charge in [0.05, 0.1) is 35.5 Å². The van der Waals surface area contributed by atoms with Gasteiger partial charge in [0.25, 0.3) is 5.91 Å². The van der Waals surface area contributed by atoms with Crippen LogP contribution in [-0.4, -0.2) is 46.4 Å². The molecule has 1 amide bonds. The fourth-order valence-corrected chi connectivity index (χ4v) is 3.13. The Kier molecular flexibility index (Phi) is 6.81. The zero-order valence-electron chi connectivity index (χ0n) is 18.0. The molecule has 0 aliphatic rings. The third kappa shape index (κ3) is 4.48. The predicted octanol–water partition coefficient (Wildman–Crippen LogP) is 3.68. The van der Waals surface area contributed by atoms with E-state index in [1.54, 1.807) is 58.8 Å². The zero-order valence-corrected chi connectivity index (χ0v) is 18.0. The van der Waals surface area contributed by atoms with Crippen LogP contribution in [0.15, 0.2) is 42.6 Å². The van der Waals surface area contributed by atoms with Crippen molar-refractivity contribution in [2.75, 3.05) is 35.5 Å². The quantitative estimate of drug-likeness (QED) is 0.590. The number of hydrogen-bond donors (Lipinski definition) is 1. The first-order valence-electron chi connectivity index (χ1n) is 9.35. The molecule has 1 aromatic heterocycles. The lowest BCUT2D eigenvalue weighted by Gasteiger charge is -2.13. The van der Waals surface area contributed by atoms with Gasteiger partial charge in [-0.25, -0.2) is 4.98 Å². The molecule has 0 saturated heterocycles. The number of methoxy groups -OCH3 is 5. The van der Waals surface area contributed by atoms with Crippen LogP contribution in [-0.2, 0) is 0 Å². The average molecular weight is 424 g/mol. The van der Waals surface area contributed by atoms with Crippen LogP contribution in [0.3, 0.4) is 0 Å². The third-order valence-corrected chi connectivity index (χ3v) is 4.61. The Morgan fingerprint density at radius 3 is 2.06 bits per heavy atom. The van der Waals surface area contributed by atoms with Crippen LogP contribution in [0, 0.1) is 0 Å². The van der Waals surface area contributed by atoms with Gasteiger partial charge in [-0.1, -0.05) is 6.07 Å². The molecule has 0 radical (unpaired) electrons. The lowest BCUT2D eigenvalue weighted by molar-refractivity contribution is 0.0965. The van der Waals surface area contributed by atoms with Crippen molar-refractivity contribution in [3.05, 3.63) is 53.9 Å². The molecule has 0 saturated carbocycles. The van der Waals surface area contributed by atoms with Crippen molar-refractivity contribution in [1.82, 2.24) is 10.3 Å². The molecule has 0 aliphatic heterocycles. The topological polar surface area (TPSA) is 88.1 Å². The number of nitrogens with one attached hydrogen (secondary N) is 1. The second kappa shape index (κ2) is 9.71. The summed E-state index contributed by atoms with van der Waals surface area (Å²) in [5.74, 6) is 2.21. The number of ether oxygens (including phenoxy) is 5. The van der Waals surface area contributed by atoms with Crippen LogP contribution in [0.25, 0.3) is 17.0 Å². The fraction of sp³-hybridized carbons (Fsp3) is 0.217. The number of amides is 1. The predicted molar refractivity (Wildman–Crippen MR) is 117 cm³/mol. The smallest absolute Gasteiger partial charge is 0.273 e. The highest BCUT2D eigenvalue weighted by atomic mass is 16.5. The molecule has 3 rings (SSSR count). The van der Waals surface area contributed by atoms with E-state index in [0.717, 1.165) is 10.9 Å². The van der Waals surface area contributed by atoms with Crippen molar-refractivity contribution >= 4 is 22.9 Å². The van der Waals surface area contributed by atoms with Gasteiger partial charge in [0.2, 0.25) is 5.75 Å². The molecule has 2 aromatic carbocycles. The monoisotopic (exact) mass is 424 g/mol. The van der Waals surface area contributed by atoms with E-state index in [4.69, 9.17) is 23.7 Å². The van der Waals surface area contributed by atoms with Gasteiger partial charge in [-0.05, 0) is 35.9 Å². The zero-order chi connectivity index (χ0) is 22.4. The third-order valence-electron chi connectivity index (χ3n) is 4.61. The highest BCUT2D eigenvalue weighted by molar-refractivity contribution is 5.99. The van der Waals surface area contributed by atoms with Crippen molar-refractivity contribution in [3.63, 3.8) is 0 Å². The van der Waals surface area contributed by atoms with Gasteiger partial charge in [-0.2, -0.15) is 0 Å². The molecule has 162 valence electrons. The van der Waals surface area contributed by atoms with Crippen LogP contribution in [0.1, 0.15) is 16.1 Å². The summed E-state index contributed by atoms with van der Waals surface area (Å²) < 4.78 is 26.8. The number of para-hydroxylation sites is 1. The largest absolute Gasteiger partial charge is 0.496 e. The Labute approximate surface area is 180 Å². The SMILES string of the molecule is COc1cc(/C=C/NC(=O)c2cc(OC)c3cccc(OC)c3n2)cc(OC)c1OC. The summed E-state index contributed by atoms with van der Waals surface area (Å²) in [7, 11) is 7.71. The number of fused-ring (bicyclic) bond motifs is 1. The molecular weight excluding hydrogens is 400 g/mol. The van der Waals surface area contributed by atoms with Crippen LogP contribution < -0.4 is 29.0 Å². The van der Waals surface area contributed by atoms with Gasteiger partial charge in [0, 0.05) is 17.7 Å². The number of carbonyl (C=O) groups excluding carboxylic acids is 1. The molecule has 1 N–H and O–H groups in total. The molecule has 0 bridgehead atoms. The van der Waals surface area contributed by atoms with Gasteiger partial charge in [0.1, 0.15) is 22.7 Å². The summed E-state index contributed by atoms with van der Waals surface area (Å²) in [6.45, 7) is 0. The minimum Gasteiger partial charge on any atom is -0.496 e. The van der Waals surface area contributed by atoms with E-state index in [0.29, 0.717) is 34.3 Å². The highest BCUT2D eigenvalue weighted by Gasteiger charge is 2.15. The lowest BCUT2D eigenvalue weighted by atomic mass is 10.1. The van der Waals surface area contributed by atoms with Crippen LogP contribution in [0.5, 0.6) is 28.7 Å². The van der Waals surface area contributed by atoms with E-state index in [1.165, 1.54) is 13.3 Å². The number of benzene rings is 2. The van der Waals surface area contributed by atoms with Crippen molar-refractivity contribution in [2.24, 2.45) is 0 Å². The Morgan fingerprint density at radius 1 is 0.839 bits per heavy atom. The molecule has 3 aromatic rings. The number of hydrogen-bond acceptors (Lipinski definition) is 7. The Hall–Kier alpha value is -3.94. The fourth-order valence-electron chi connectivity index (χ4n) is 3.13. The van der Waals surface area contributed by atoms with E-state index in [1.807, 2.05) is 12.1 Å². The van der Waals surface area contributed by atoms with Crippen molar-refractivity contribution in [2.45, 2.75) is 0 Å². The maximum Gasteiger partial charge on any atom is 0.273 e. The van der Waals surface area contributed by atoms with Gasteiger partial charge in [0.15, 0.2) is 11.5 Å². The first-order valence-corrected chi connectivity index (χ1v) is 9.35. The molecule has 8 nitrogen and oxygen atoms in total. The van der Waals surface area contributed by atoms with Crippen LogP contribution in [0.4, 0.5) is 0 Å². The van der Waals surface area contributed by atoms with E-state index >= 15 is 0 Å². The summed E-state index contributed by atoms with van der Waals surface area (Å²) in [5.41, 5.74) is 1.49. The first-order chi connectivity index (χ1) is 15.1. The summed E-state index contributed by atoms with van der Waals surface area (Å²) in [5, 5.41) is 3.47. The second-order valence-corrected chi connectivity index (χ2v) is 6.33. The number of aromatic nitrogens is 1. The van der Waals surface area contributed by atoms with Crippen LogP contribution >= 0.6 is 0 Å². The minimum absolute atomic E-state index is 0.198. The normalized spacial score (nSPS) is 10.7. The van der Waals surface area contributed by atoms with E-state index in [2.05, 4.69) is 10.3 Å². The van der Waals surface area contributed by atoms with E-state index < -0.39 is 5.91 Å². The molecule has 0 atom stereocenters. The molecule has 0 aliphatic carbocycles. The molecule has 31 heavy (non-hydrogen) atoms. The molecule has 1 heterocycles. The van der Waals surface area contributed by atoms with E-state index in [-0.39, 0.29) is 5.69 Å². The van der Waals surface area contributed by atoms with E-state index in [9.17, 15) is 4.79 Å². The van der Waals surface area contributed by atoms with Gasteiger partial charge >= 0.3 is 0 Å². The van der Waals surface area contributed by atoms with Gasteiger partial charge in [-0.3, -0.25) is 4.79 Å². The molecular formula is C23H24N2O6. The van der Waals surface area contributed by atoms with Gasteiger partial charge in [-0.15, -0.1) is 0 Å². The Morgan fingerprint density at radius 2 is 1.48 bits per heavy atom. The second-order valence-electron chi connectivity index (χ2n) is 6.33. The molecule has 0 unspecified atom stereocenters. The summed E-state index contributed by atoms with van der Waals surface area (Å²) in [6, 6.07) is 10.6. The average Bonchev–Trinajstić information content (AvgIpc) is 2.81. The molecule has 8 heteroatoms. The van der Waals surface area contributed by atoms with Crippen LogP contribution in [0.2, 0.25) is 0 Å². The standard InChI is InChI=1S/C23H24N2O6/c1-27-17-8-6-7-15-18(28-2)13-16(25-21(15)17)23(26)24-10-9-14-11-19(29-3)22(31-5)20(12-14)30-4/h6-13H,1-5H3,(H,24,26)/b10-9+. The number of nitrogens with zero attached hydrogens (tertiary/aromatic N) is 1. The summed E-state index contributed by atoms with van der Waals surface area (Å²) >= 11 is 0. The Balaban J connectivity index is 1.87. The maximum absolute atomic E-state index is 12.7. The number of rotatable bonds is 8. The van der Waals surface area contributed by atoms with Gasteiger partial charge < -0.3 is 29.0 Å². The van der Waals surface area contributed by atoms with Crippen molar-refractivity contribution in [1.29, 1.82) is 0 Å². The maximum atomic E-state index is 12.7. The minimum atomic E-state index is -0.394. The number of pyridine rings is 1. The van der Waals surface area contributed by atoms with Crippen molar-refractivity contribution < 1.29 is 28.5 Å².